The molecule has 3 aromatic carbocycles. The zero-order chi connectivity index (χ0) is 17.9. The first-order valence-corrected chi connectivity index (χ1v) is 16.1. The Morgan fingerprint density at radius 1 is 0.680 bits per heavy atom. The van der Waals surface area contributed by atoms with E-state index in [4.69, 9.17) is 0 Å². The quantitative estimate of drug-likeness (QED) is 0.455. The first-order chi connectivity index (χ1) is 11.9. The van der Waals surface area contributed by atoms with Crippen molar-refractivity contribution in [2.45, 2.75) is 6.54 Å². The molecule has 0 saturated carbocycles. The third-order valence-electron chi connectivity index (χ3n) is 4.32. The Morgan fingerprint density at radius 3 is 1.60 bits per heavy atom. The van der Waals surface area contributed by atoms with Gasteiger partial charge in [-0.05, 0) is 0 Å². The van der Waals surface area contributed by atoms with Crippen molar-refractivity contribution in [3.8, 4) is 0 Å². The number of benzene rings is 3. The van der Waals surface area contributed by atoms with Gasteiger partial charge in [0.2, 0.25) is 0 Å². The van der Waals surface area contributed by atoms with Crippen LogP contribution < -0.4 is 9.81 Å². The molecule has 0 aromatic heterocycles. The molecule has 0 unspecified atom stereocenters. The first-order valence-electron chi connectivity index (χ1n) is 8.22. The SMILES string of the molecule is CN(C)Cc1cccc[c]1[Bi]([F])([F])([c]1ccccc1)[c]1ccccc1. The summed E-state index contributed by atoms with van der Waals surface area (Å²) in [6.07, 6.45) is 0. The summed E-state index contributed by atoms with van der Waals surface area (Å²) in [5, 5.41) is 0. The molecule has 3 rings (SSSR count). The van der Waals surface area contributed by atoms with Crippen LogP contribution in [0.2, 0.25) is 0 Å². The second-order valence-electron chi connectivity index (χ2n) is 6.44. The van der Waals surface area contributed by atoms with Gasteiger partial charge in [0.05, 0.1) is 0 Å². The standard InChI is InChI=1S/C9H12N.2C6H5.Bi.2FH/c1-10(2)8-9-6-4-3-5-7-9;2*1-2-4-6-5-3-1;;;/h3-6H,8H2,1-2H3;2*1-5H;;2*1H/q;;;+2;;/p-2. The topological polar surface area (TPSA) is 3.24 Å². The average Bonchev–Trinajstić information content (AvgIpc) is 2.63. The molecule has 25 heavy (non-hydrogen) atoms. The van der Waals surface area contributed by atoms with Crippen LogP contribution in [0.15, 0.2) is 84.9 Å². The van der Waals surface area contributed by atoms with Crippen LogP contribution in [0.5, 0.6) is 0 Å². The van der Waals surface area contributed by atoms with Crippen LogP contribution in [-0.4, -0.2) is 39.0 Å². The van der Waals surface area contributed by atoms with Crippen molar-refractivity contribution < 1.29 is 5.25 Å². The van der Waals surface area contributed by atoms with Crippen LogP contribution in [-0.2, 0) is 6.54 Å². The Balaban J connectivity index is 2.35. The van der Waals surface area contributed by atoms with E-state index in [1.54, 1.807) is 72.8 Å². The Hall–Kier alpha value is -1.64. The number of nitrogens with zero attached hydrogens (tertiary/aromatic N) is 1. The number of hydrogen-bond acceptors (Lipinski definition) is 1. The van der Waals surface area contributed by atoms with Crippen molar-refractivity contribution >= 4 is 29.8 Å². The molecule has 0 saturated heterocycles. The van der Waals surface area contributed by atoms with Crippen LogP contribution in [0, 0.1) is 0 Å². The van der Waals surface area contributed by atoms with Crippen LogP contribution >= 0.6 is 0 Å². The second-order valence-corrected chi connectivity index (χ2v) is 19.4. The van der Waals surface area contributed by atoms with Crippen molar-refractivity contribution in [3.05, 3.63) is 90.5 Å². The fourth-order valence-electron chi connectivity index (χ4n) is 3.18. The molecule has 0 aliphatic rings. The van der Waals surface area contributed by atoms with E-state index in [-0.39, 0.29) is 9.81 Å². The molecule has 130 valence electrons. The van der Waals surface area contributed by atoms with Crippen molar-refractivity contribution in [3.63, 3.8) is 0 Å². The molecule has 0 aliphatic heterocycles. The molecule has 4 heteroatoms. The van der Waals surface area contributed by atoms with E-state index >= 15 is 5.25 Å². The van der Waals surface area contributed by atoms with Gasteiger partial charge in [0.15, 0.2) is 0 Å². The zero-order valence-corrected chi connectivity index (χ0v) is 17.9. The summed E-state index contributed by atoms with van der Waals surface area (Å²) in [7, 11) is 3.81. The van der Waals surface area contributed by atoms with Gasteiger partial charge in [-0.15, -0.1) is 0 Å². The van der Waals surface area contributed by atoms with Gasteiger partial charge in [-0.3, -0.25) is 0 Å². The predicted octanol–water partition coefficient (Wildman–Crippen LogP) is 3.10. The molecule has 0 radical (unpaired) electrons. The molecule has 0 N–H and O–H groups in total. The van der Waals surface area contributed by atoms with Gasteiger partial charge in [-0.25, -0.2) is 0 Å². The van der Waals surface area contributed by atoms with Gasteiger partial charge >= 0.3 is 151 Å². The Bertz CT molecular complexity index is 805. The normalized spacial score (nSPS) is 13.4. The summed E-state index contributed by atoms with van der Waals surface area (Å²) in [4.78, 5) is 1.94. The van der Waals surface area contributed by atoms with Crippen LogP contribution in [0.4, 0.5) is 5.25 Å². The third kappa shape index (κ3) is 3.26. The maximum absolute atomic E-state index is 16.9. The number of halogens is 2. The van der Waals surface area contributed by atoms with Gasteiger partial charge in [0.25, 0.3) is 0 Å². The Kier molecular flexibility index (Phi) is 5.04. The molecular weight excluding hydrogens is 513 g/mol. The molecule has 0 aliphatic carbocycles. The first kappa shape index (κ1) is 18.2. The molecule has 0 fully saturated rings. The summed E-state index contributed by atoms with van der Waals surface area (Å²) in [5.74, 6) is 0. The van der Waals surface area contributed by atoms with E-state index in [9.17, 15) is 0 Å². The fourth-order valence-corrected chi connectivity index (χ4v) is 15.8. The van der Waals surface area contributed by atoms with E-state index < -0.39 is 20.0 Å². The summed E-state index contributed by atoms with van der Waals surface area (Å²) in [6.45, 7) is 0.495. The van der Waals surface area contributed by atoms with Gasteiger partial charge < -0.3 is 0 Å². The van der Waals surface area contributed by atoms with Crippen molar-refractivity contribution in [1.29, 1.82) is 0 Å². The molecule has 0 spiro atoms. The van der Waals surface area contributed by atoms with E-state index in [0.717, 1.165) is 0 Å². The maximum atomic E-state index is 16.9. The molecule has 0 heterocycles. The Morgan fingerprint density at radius 2 is 1.12 bits per heavy atom. The predicted molar refractivity (Wildman–Crippen MR) is 104 cm³/mol. The minimum atomic E-state index is -6.71. The third-order valence-corrected chi connectivity index (χ3v) is 18.7. The van der Waals surface area contributed by atoms with E-state index in [0.29, 0.717) is 12.1 Å². The average molecular weight is 535 g/mol. The van der Waals surface area contributed by atoms with Crippen LogP contribution in [0.1, 0.15) is 5.56 Å². The van der Waals surface area contributed by atoms with E-state index in [2.05, 4.69) is 0 Å². The molecule has 0 amide bonds. The monoisotopic (exact) mass is 535 g/mol. The fraction of sp³-hybridized carbons (Fsp3) is 0.143. The van der Waals surface area contributed by atoms with Crippen molar-refractivity contribution in [1.82, 2.24) is 4.90 Å². The minimum absolute atomic E-state index is 0.186. The van der Waals surface area contributed by atoms with Crippen LogP contribution in [0.25, 0.3) is 0 Å². The molecule has 0 bridgehead atoms. The van der Waals surface area contributed by atoms with Gasteiger partial charge in [-0.1, -0.05) is 0 Å². The second kappa shape index (κ2) is 6.93. The van der Waals surface area contributed by atoms with E-state index in [1.807, 2.05) is 31.1 Å². The molecule has 0 atom stereocenters. The van der Waals surface area contributed by atoms with Crippen molar-refractivity contribution in [2.75, 3.05) is 14.1 Å². The number of hydrogen-bond donors (Lipinski definition) is 0. The van der Waals surface area contributed by atoms with Gasteiger partial charge in [0.1, 0.15) is 0 Å². The molecular formula is C21H22BiF2N. The molecule has 1 nitrogen and oxygen atoms in total. The van der Waals surface area contributed by atoms with Gasteiger partial charge in [0, 0.05) is 0 Å². The molecule has 3 aromatic rings. The van der Waals surface area contributed by atoms with E-state index in [1.165, 1.54) is 0 Å². The zero-order valence-electron chi connectivity index (χ0n) is 14.4. The van der Waals surface area contributed by atoms with Crippen LogP contribution in [0.3, 0.4) is 0 Å². The summed E-state index contributed by atoms with van der Waals surface area (Å²) >= 11 is -6.71. The summed E-state index contributed by atoms with van der Waals surface area (Å²) < 4.78 is 34.4. The Labute approximate surface area is 150 Å². The van der Waals surface area contributed by atoms with Crippen molar-refractivity contribution in [2.24, 2.45) is 0 Å². The summed E-state index contributed by atoms with van der Waals surface area (Å²) in [5.41, 5.74) is 0.706. The number of rotatable bonds is 5. The summed E-state index contributed by atoms with van der Waals surface area (Å²) in [6, 6.07) is 23.8. The van der Waals surface area contributed by atoms with Gasteiger partial charge in [-0.2, -0.15) is 0 Å².